The van der Waals surface area contributed by atoms with Crippen LogP contribution in [0.15, 0.2) is 30.3 Å². The lowest BCUT2D eigenvalue weighted by molar-refractivity contribution is -0.130. The average Bonchev–Trinajstić information content (AvgIpc) is 2.71. The van der Waals surface area contributed by atoms with Crippen LogP contribution in [-0.4, -0.2) is 54.3 Å². The monoisotopic (exact) mass is 309 g/mol. The molecule has 1 fully saturated rings. The molecule has 1 aromatic rings. The molecular weight excluding hydrogens is 290 g/mol. The van der Waals surface area contributed by atoms with Crippen LogP contribution in [0.4, 0.5) is 0 Å². The molecule has 114 valence electrons. The van der Waals surface area contributed by atoms with Gasteiger partial charge in [-0.25, -0.2) is 0 Å². The smallest absolute Gasteiger partial charge is 0.245 e. The lowest BCUT2D eigenvalue weighted by atomic mass is 10.1. The summed E-state index contributed by atoms with van der Waals surface area (Å²) in [6.45, 7) is 2.88. The first kappa shape index (κ1) is 15.8. The molecule has 5 nitrogen and oxygen atoms in total. The van der Waals surface area contributed by atoms with Gasteiger partial charge in [0, 0.05) is 26.2 Å². The van der Waals surface area contributed by atoms with Crippen molar-refractivity contribution in [3.8, 4) is 0 Å². The molecule has 2 N–H and O–H groups in total. The Balaban J connectivity index is 1.95. The number of benzene rings is 1. The van der Waals surface area contributed by atoms with Crippen molar-refractivity contribution in [1.29, 1.82) is 0 Å². The molecule has 1 aromatic carbocycles. The van der Waals surface area contributed by atoms with Gasteiger partial charge in [0.25, 0.3) is 0 Å². The van der Waals surface area contributed by atoms with Crippen molar-refractivity contribution in [2.24, 2.45) is 5.73 Å². The van der Waals surface area contributed by atoms with E-state index in [2.05, 4.69) is 0 Å². The highest BCUT2D eigenvalue weighted by Crippen LogP contribution is 2.23. The number of carbonyl (C=O) groups excluding carboxylic acids is 2. The molecule has 6 heteroatoms. The molecule has 0 radical (unpaired) electrons. The maximum absolute atomic E-state index is 12.5. The topological polar surface area (TPSA) is 66.6 Å². The lowest BCUT2D eigenvalue weighted by Crippen LogP contribution is -2.39. The van der Waals surface area contributed by atoms with Crippen LogP contribution < -0.4 is 5.73 Å². The van der Waals surface area contributed by atoms with Crippen LogP contribution in [0, 0.1) is 0 Å². The van der Waals surface area contributed by atoms with E-state index in [0.717, 1.165) is 18.5 Å². The van der Waals surface area contributed by atoms with Crippen LogP contribution in [0.5, 0.6) is 0 Å². The Labute approximate surface area is 129 Å². The third-order valence-electron chi connectivity index (χ3n) is 3.59. The molecule has 1 saturated heterocycles. The summed E-state index contributed by atoms with van der Waals surface area (Å²) in [5.74, 6) is -0.418. The van der Waals surface area contributed by atoms with Crippen LogP contribution in [0.25, 0.3) is 0 Å². The molecule has 1 heterocycles. The van der Waals surface area contributed by atoms with Crippen LogP contribution in [-0.2, 0) is 9.59 Å². The van der Waals surface area contributed by atoms with Gasteiger partial charge < -0.3 is 10.6 Å². The molecule has 0 bridgehead atoms. The fraction of sp³-hybridized carbons (Fsp3) is 0.467. The Morgan fingerprint density at radius 2 is 1.86 bits per heavy atom. The van der Waals surface area contributed by atoms with E-state index in [1.807, 2.05) is 35.2 Å². The molecular formula is C15H20ClN3O2. The van der Waals surface area contributed by atoms with Crippen LogP contribution in [0.1, 0.15) is 17.4 Å². The Kier molecular flexibility index (Phi) is 5.59. The molecule has 1 aliphatic heterocycles. The van der Waals surface area contributed by atoms with Crippen LogP contribution >= 0.6 is 11.6 Å². The van der Waals surface area contributed by atoms with E-state index in [1.165, 1.54) is 0 Å². The van der Waals surface area contributed by atoms with E-state index in [-0.39, 0.29) is 18.4 Å². The van der Waals surface area contributed by atoms with E-state index in [0.29, 0.717) is 19.6 Å². The number of nitrogens with zero attached hydrogens (tertiary/aromatic N) is 2. The summed E-state index contributed by atoms with van der Waals surface area (Å²) >= 11 is 6.29. The number of primary amides is 1. The molecule has 0 spiro atoms. The molecule has 0 aromatic heterocycles. The minimum Gasteiger partial charge on any atom is -0.369 e. The van der Waals surface area contributed by atoms with E-state index in [4.69, 9.17) is 17.3 Å². The van der Waals surface area contributed by atoms with Gasteiger partial charge in [0.1, 0.15) is 5.38 Å². The minimum atomic E-state index is -0.658. The maximum atomic E-state index is 12.5. The zero-order valence-corrected chi connectivity index (χ0v) is 12.6. The van der Waals surface area contributed by atoms with E-state index < -0.39 is 5.38 Å². The van der Waals surface area contributed by atoms with Gasteiger partial charge in [-0.3, -0.25) is 14.5 Å². The quantitative estimate of drug-likeness (QED) is 0.843. The lowest BCUT2D eigenvalue weighted by Gasteiger charge is -2.23. The predicted octanol–water partition coefficient (Wildman–Crippen LogP) is 0.986. The second kappa shape index (κ2) is 7.43. The molecule has 1 atom stereocenters. The average molecular weight is 310 g/mol. The van der Waals surface area contributed by atoms with Gasteiger partial charge in [0.15, 0.2) is 0 Å². The molecule has 1 unspecified atom stereocenters. The van der Waals surface area contributed by atoms with Gasteiger partial charge in [0.05, 0.1) is 6.54 Å². The highest BCUT2D eigenvalue weighted by molar-refractivity contribution is 6.30. The van der Waals surface area contributed by atoms with Crippen molar-refractivity contribution < 1.29 is 9.59 Å². The maximum Gasteiger partial charge on any atom is 0.245 e. The van der Waals surface area contributed by atoms with Gasteiger partial charge in [-0.2, -0.15) is 0 Å². The van der Waals surface area contributed by atoms with Crippen molar-refractivity contribution in [3.63, 3.8) is 0 Å². The Bertz CT molecular complexity index is 495. The first-order chi connectivity index (χ1) is 10.1. The van der Waals surface area contributed by atoms with Crippen molar-refractivity contribution in [2.75, 3.05) is 32.7 Å². The van der Waals surface area contributed by atoms with Gasteiger partial charge >= 0.3 is 0 Å². The number of rotatable bonds is 4. The second-order valence-electron chi connectivity index (χ2n) is 5.19. The largest absolute Gasteiger partial charge is 0.369 e. The van der Waals surface area contributed by atoms with E-state index in [9.17, 15) is 9.59 Å². The van der Waals surface area contributed by atoms with Gasteiger partial charge in [-0.05, 0) is 12.0 Å². The molecule has 0 saturated carbocycles. The zero-order chi connectivity index (χ0) is 15.2. The number of hydrogen-bond acceptors (Lipinski definition) is 3. The Hall–Kier alpha value is -1.59. The van der Waals surface area contributed by atoms with Gasteiger partial charge in [0.2, 0.25) is 11.8 Å². The molecule has 21 heavy (non-hydrogen) atoms. The summed E-state index contributed by atoms with van der Waals surface area (Å²) in [4.78, 5) is 27.2. The molecule has 0 aliphatic carbocycles. The number of alkyl halides is 1. The van der Waals surface area contributed by atoms with Gasteiger partial charge in [-0.15, -0.1) is 11.6 Å². The zero-order valence-electron chi connectivity index (χ0n) is 11.9. The third kappa shape index (κ3) is 4.44. The molecule has 2 rings (SSSR count). The van der Waals surface area contributed by atoms with E-state index >= 15 is 0 Å². The molecule has 2 amide bonds. The summed E-state index contributed by atoms with van der Waals surface area (Å²) in [5, 5.41) is -0.658. The standard InChI is InChI=1S/C15H20ClN3O2/c16-14(12-5-2-1-3-6-12)15(21)19-8-4-7-18(9-10-19)11-13(17)20/h1-3,5-6,14H,4,7-11H2,(H2,17,20). The fourth-order valence-electron chi connectivity index (χ4n) is 2.49. The van der Waals surface area contributed by atoms with Crippen LogP contribution in [0.3, 0.4) is 0 Å². The first-order valence-electron chi connectivity index (χ1n) is 7.06. The van der Waals surface area contributed by atoms with Crippen molar-refractivity contribution in [2.45, 2.75) is 11.8 Å². The van der Waals surface area contributed by atoms with Crippen molar-refractivity contribution in [3.05, 3.63) is 35.9 Å². The summed E-state index contributed by atoms with van der Waals surface area (Å²) < 4.78 is 0. The highest BCUT2D eigenvalue weighted by Gasteiger charge is 2.26. The minimum absolute atomic E-state index is 0.0798. The van der Waals surface area contributed by atoms with Crippen molar-refractivity contribution >= 4 is 23.4 Å². The van der Waals surface area contributed by atoms with Crippen molar-refractivity contribution in [1.82, 2.24) is 9.80 Å². The Morgan fingerprint density at radius 3 is 2.52 bits per heavy atom. The second-order valence-corrected chi connectivity index (χ2v) is 5.63. The molecule has 1 aliphatic rings. The highest BCUT2D eigenvalue weighted by atomic mass is 35.5. The number of amides is 2. The third-order valence-corrected chi connectivity index (χ3v) is 4.03. The predicted molar refractivity (Wildman–Crippen MR) is 81.9 cm³/mol. The normalized spacial score (nSPS) is 18.0. The first-order valence-corrected chi connectivity index (χ1v) is 7.50. The van der Waals surface area contributed by atoms with E-state index in [1.54, 1.807) is 4.90 Å². The summed E-state index contributed by atoms with van der Waals surface area (Å²) in [6.07, 6.45) is 0.817. The SMILES string of the molecule is NC(=O)CN1CCCN(C(=O)C(Cl)c2ccccc2)CC1. The number of carbonyl (C=O) groups is 2. The summed E-state index contributed by atoms with van der Waals surface area (Å²) in [7, 11) is 0. The van der Waals surface area contributed by atoms with Crippen LogP contribution in [0.2, 0.25) is 0 Å². The summed E-state index contributed by atoms with van der Waals surface area (Å²) in [6, 6.07) is 9.34. The number of nitrogens with two attached hydrogens (primary N) is 1. The fourth-order valence-corrected chi connectivity index (χ4v) is 2.78. The number of hydrogen-bond donors (Lipinski definition) is 1. The van der Waals surface area contributed by atoms with Gasteiger partial charge in [-0.1, -0.05) is 30.3 Å². The Morgan fingerprint density at radius 1 is 1.14 bits per heavy atom. The number of halogens is 1. The summed E-state index contributed by atoms with van der Waals surface area (Å²) in [5.41, 5.74) is 6.02.